The smallest absolute Gasteiger partial charge is 0.0465 e. The van der Waals surface area contributed by atoms with Gasteiger partial charge in [-0.2, -0.15) is 0 Å². The zero-order valence-corrected chi connectivity index (χ0v) is 9.35. The monoisotopic (exact) mass is 237 g/mol. The number of aromatic nitrogens is 1. The highest BCUT2D eigenvalue weighted by Crippen LogP contribution is 2.31. The molecule has 1 heterocycles. The first kappa shape index (κ1) is 8.82. The number of aromatic amines is 1. The molecule has 1 N–H and O–H groups in total. The Morgan fingerprint density at radius 2 is 2.00 bits per heavy atom. The molecule has 1 aromatic heterocycles. The molecular weight excluding hydrogens is 226 g/mol. The lowest BCUT2D eigenvalue weighted by atomic mass is 10.0. The minimum absolute atomic E-state index is 0.564. The second-order valence-corrected chi connectivity index (χ2v) is 4.36. The van der Waals surface area contributed by atoms with Crippen molar-refractivity contribution >= 4 is 26.8 Å². The maximum Gasteiger partial charge on any atom is 0.0465 e. The molecule has 0 unspecified atom stereocenters. The van der Waals surface area contributed by atoms with E-state index < -0.39 is 0 Å². The summed E-state index contributed by atoms with van der Waals surface area (Å²) in [5.41, 5.74) is 2.56. The Morgan fingerprint density at radius 1 is 1.23 bits per heavy atom. The van der Waals surface area contributed by atoms with E-state index in [0.29, 0.717) is 5.92 Å². The molecule has 0 aliphatic carbocycles. The third kappa shape index (κ3) is 1.39. The van der Waals surface area contributed by atoms with E-state index in [1.165, 1.54) is 20.9 Å². The van der Waals surface area contributed by atoms with Crippen LogP contribution in [0.1, 0.15) is 25.3 Å². The summed E-state index contributed by atoms with van der Waals surface area (Å²) in [7, 11) is 0. The number of hydrogen-bond acceptors (Lipinski definition) is 0. The summed E-state index contributed by atoms with van der Waals surface area (Å²) in [5, 5.41) is 1.27. The van der Waals surface area contributed by atoms with Crippen LogP contribution in [-0.2, 0) is 0 Å². The molecule has 68 valence electrons. The van der Waals surface area contributed by atoms with Crippen LogP contribution in [0.4, 0.5) is 0 Å². The number of H-pyrrole nitrogens is 1. The standard InChI is InChI=1S/C11H12BrN/c1-7(2)8-3-4-10-9(11(8)12)5-6-13-10/h3-7,13H,1-2H3. The minimum atomic E-state index is 0.564. The van der Waals surface area contributed by atoms with Gasteiger partial charge >= 0.3 is 0 Å². The van der Waals surface area contributed by atoms with E-state index in [1.54, 1.807) is 0 Å². The van der Waals surface area contributed by atoms with Crippen LogP contribution in [-0.4, -0.2) is 4.98 Å². The maximum atomic E-state index is 3.64. The molecule has 2 heteroatoms. The molecule has 13 heavy (non-hydrogen) atoms. The van der Waals surface area contributed by atoms with Crippen LogP contribution in [0.3, 0.4) is 0 Å². The van der Waals surface area contributed by atoms with E-state index in [9.17, 15) is 0 Å². The van der Waals surface area contributed by atoms with Crippen LogP contribution < -0.4 is 0 Å². The fourth-order valence-electron chi connectivity index (χ4n) is 1.56. The normalized spacial score (nSPS) is 11.4. The summed E-state index contributed by atoms with van der Waals surface area (Å²) in [6.07, 6.45) is 1.97. The van der Waals surface area contributed by atoms with Crippen LogP contribution in [0.25, 0.3) is 10.9 Å². The summed E-state index contributed by atoms with van der Waals surface area (Å²) >= 11 is 3.64. The molecular formula is C11H12BrN. The Bertz CT molecular complexity index is 429. The second kappa shape index (κ2) is 3.18. The quantitative estimate of drug-likeness (QED) is 0.771. The van der Waals surface area contributed by atoms with Crippen molar-refractivity contribution in [3.05, 3.63) is 34.4 Å². The van der Waals surface area contributed by atoms with Gasteiger partial charge in [-0.25, -0.2) is 0 Å². The number of benzene rings is 1. The maximum absolute atomic E-state index is 3.64. The van der Waals surface area contributed by atoms with Crippen molar-refractivity contribution in [1.82, 2.24) is 4.98 Å². The van der Waals surface area contributed by atoms with Gasteiger partial charge in [0, 0.05) is 21.6 Å². The fourth-order valence-corrected chi connectivity index (χ4v) is 2.50. The first-order valence-corrected chi connectivity index (χ1v) is 5.25. The van der Waals surface area contributed by atoms with Gasteiger partial charge in [0.15, 0.2) is 0 Å². The predicted octanol–water partition coefficient (Wildman–Crippen LogP) is 4.05. The Labute approximate surface area is 86.3 Å². The molecule has 1 aromatic carbocycles. The number of halogens is 1. The summed E-state index contributed by atoms with van der Waals surface area (Å²) in [5.74, 6) is 0.564. The first-order chi connectivity index (χ1) is 6.20. The lowest BCUT2D eigenvalue weighted by Crippen LogP contribution is -1.88. The molecule has 0 atom stereocenters. The van der Waals surface area contributed by atoms with Gasteiger partial charge in [0.05, 0.1) is 0 Å². The van der Waals surface area contributed by atoms with Gasteiger partial charge in [0.25, 0.3) is 0 Å². The second-order valence-electron chi connectivity index (χ2n) is 3.56. The van der Waals surface area contributed by atoms with E-state index in [0.717, 1.165) is 0 Å². The van der Waals surface area contributed by atoms with Gasteiger partial charge in [-0.15, -0.1) is 0 Å². The molecule has 2 aromatic rings. The van der Waals surface area contributed by atoms with E-state index in [4.69, 9.17) is 0 Å². The van der Waals surface area contributed by atoms with Crippen molar-refractivity contribution < 1.29 is 0 Å². The van der Waals surface area contributed by atoms with E-state index in [1.807, 2.05) is 6.20 Å². The van der Waals surface area contributed by atoms with Crippen LogP contribution in [0, 0.1) is 0 Å². The van der Waals surface area contributed by atoms with Crippen molar-refractivity contribution in [3.63, 3.8) is 0 Å². The van der Waals surface area contributed by atoms with Crippen LogP contribution in [0.15, 0.2) is 28.9 Å². The molecule has 0 saturated carbocycles. The van der Waals surface area contributed by atoms with E-state index in [2.05, 4.69) is 53.0 Å². The Hall–Kier alpha value is -0.760. The average molecular weight is 238 g/mol. The summed E-state index contributed by atoms with van der Waals surface area (Å²) in [6, 6.07) is 6.41. The van der Waals surface area contributed by atoms with Crippen LogP contribution in [0.2, 0.25) is 0 Å². The zero-order chi connectivity index (χ0) is 9.42. The topological polar surface area (TPSA) is 15.8 Å². The number of hydrogen-bond donors (Lipinski definition) is 1. The first-order valence-electron chi connectivity index (χ1n) is 4.45. The lowest BCUT2D eigenvalue weighted by molar-refractivity contribution is 0.863. The van der Waals surface area contributed by atoms with Crippen molar-refractivity contribution in [2.75, 3.05) is 0 Å². The number of rotatable bonds is 1. The Balaban J connectivity index is 2.73. The van der Waals surface area contributed by atoms with Gasteiger partial charge in [0.2, 0.25) is 0 Å². The summed E-state index contributed by atoms with van der Waals surface area (Å²) in [6.45, 7) is 4.41. The number of fused-ring (bicyclic) bond motifs is 1. The fraction of sp³-hybridized carbons (Fsp3) is 0.273. The lowest BCUT2D eigenvalue weighted by Gasteiger charge is -2.08. The van der Waals surface area contributed by atoms with Gasteiger partial charge < -0.3 is 4.98 Å². The summed E-state index contributed by atoms with van der Waals surface area (Å²) < 4.78 is 1.22. The highest BCUT2D eigenvalue weighted by molar-refractivity contribution is 9.10. The molecule has 0 saturated heterocycles. The third-order valence-electron chi connectivity index (χ3n) is 2.32. The molecule has 0 aliphatic rings. The third-order valence-corrected chi connectivity index (χ3v) is 3.21. The average Bonchev–Trinajstić information content (AvgIpc) is 2.52. The SMILES string of the molecule is CC(C)c1ccc2[nH]ccc2c1Br. The van der Waals surface area contributed by atoms with Gasteiger partial charge in [0.1, 0.15) is 0 Å². The molecule has 0 radical (unpaired) electrons. The highest BCUT2D eigenvalue weighted by atomic mass is 79.9. The van der Waals surface area contributed by atoms with E-state index in [-0.39, 0.29) is 0 Å². The van der Waals surface area contributed by atoms with Crippen LogP contribution in [0.5, 0.6) is 0 Å². The Morgan fingerprint density at radius 3 is 2.69 bits per heavy atom. The molecule has 0 bridgehead atoms. The van der Waals surface area contributed by atoms with Crippen molar-refractivity contribution in [3.8, 4) is 0 Å². The van der Waals surface area contributed by atoms with Gasteiger partial charge in [-0.1, -0.05) is 19.9 Å². The highest BCUT2D eigenvalue weighted by Gasteiger charge is 2.07. The zero-order valence-electron chi connectivity index (χ0n) is 7.76. The van der Waals surface area contributed by atoms with Crippen LogP contribution >= 0.6 is 15.9 Å². The molecule has 0 amide bonds. The molecule has 1 nitrogen and oxygen atoms in total. The van der Waals surface area contributed by atoms with E-state index >= 15 is 0 Å². The van der Waals surface area contributed by atoms with Crippen molar-refractivity contribution in [2.45, 2.75) is 19.8 Å². The molecule has 0 spiro atoms. The van der Waals surface area contributed by atoms with Crippen molar-refractivity contribution in [1.29, 1.82) is 0 Å². The summed E-state index contributed by atoms with van der Waals surface area (Å²) in [4.78, 5) is 3.20. The molecule has 2 rings (SSSR count). The largest absolute Gasteiger partial charge is 0.361 e. The molecule has 0 fully saturated rings. The molecule has 0 aliphatic heterocycles. The van der Waals surface area contributed by atoms with Gasteiger partial charge in [-0.3, -0.25) is 0 Å². The Kier molecular flexibility index (Phi) is 2.16. The number of nitrogens with one attached hydrogen (secondary N) is 1. The predicted molar refractivity (Wildman–Crippen MR) is 60.1 cm³/mol. The van der Waals surface area contributed by atoms with Gasteiger partial charge in [-0.05, 0) is 39.5 Å². The van der Waals surface area contributed by atoms with Crippen molar-refractivity contribution in [2.24, 2.45) is 0 Å². The minimum Gasteiger partial charge on any atom is -0.361 e.